The minimum absolute atomic E-state index is 0.174. The monoisotopic (exact) mass is 796 g/mol. The summed E-state index contributed by atoms with van der Waals surface area (Å²) in [6.45, 7) is 5.31. The molecule has 1 aliphatic rings. The number of hydrogen-bond acceptors (Lipinski definition) is 4. The fourth-order valence-corrected chi connectivity index (χ4v) is 8.88. The van der Waals surface area contributed by atoms with E-state index in [0.29, 0.717) is 38.9 Å². The number of phenols is 2. The average molecular weight is 797 g/mol. The first-order valence-corrected chi connectivity index (χ1v) is 21.1. The van der Waals surface area contributed by atoms with Gasteiger partial charge in [-0.3, -0.25) is 0 Å². The van der Waals surface area contributed by atoms with Crippen LogP contribution in [0.5, 0.6) is 23.0 Å². The number of aromatic nitrogens is 4. The van der Waals surface area contributed by atoms with E-state index in [-0.39, 0.29) is 23.8 Å². The van der Waals surface area contributed by atoms with Gasteiger partial charge >= 0.3 is 0 Å². The van der Waals surface area contributed by atoms with Crippen LogP contribution in [0.25, 0.3) is 0 Å². The van der Waals surface area contributed by atoms with Crippen LogP contribution >= 0.6 is 0 Å². The Bertz CT molecular complexity index is 2310. The quantitative estimate of drug-likeness (QED) is 0.129. The number of ether oxygens (including phenoxy) is 2. The van der Waals surface area contributed by atoms with Crippen molar-refractivity contribution in [3.8, 4) is 23.0 Å². The van der Waals surface area contributed by atoms with E-state index in [2.05, 4.69) is 142 Å². The van der Waals surface area contributed by atoms with E-state index in [4.69, 9.17) is 9.47 Å². The molecule has 4 aromatic heterocycles. The van der Waals surface area contributed by atoms with Gasteiger partial charge in [-0.25, -0.2) is 0 Å². The first-order chi connectivity index (χ1) is 29.5. The molecule has 2 N–H and O–H groups in total. The molecule has 8 heteroatoms. The molecule has 4 heterocycles. The highest BCUT2D eigenvalue weighted by atomic mass is 16.5. The van der Waals surface area contributed by atoms with Crippen LogP contribution in [0.3, 0.4) is 0 Å². The Morgan fingerprint density at radius 3 is 0.933 bits per heavy atom. The van der Waals surface area contributed by atoms with E-state index in [1.54, 1.807) is 0 Å². The van der Waals surface area contributed by atoms with Gasteiger partial charge in [0, 0.05) is 75.3 Å². The molecule has 0 amide bonds. The van der Waals surface area contributed by atoms with Gasteiger partial charge in [-0.1, -0.05) is 50.2 Å². The van der Waals surface area contributed by atoms with Gasteiger partial charge in [0.15, 0.2) is 0 Å². The largest absolute Gasteiger partial charge is 0.507 e. The van der Waals surface area contributed by atoms with Crippen LogP contribution in [0.1, 0.15) is 94.7 Å². The molecule has 304 valence electrons. The lowest BCUT2D eigenvalue weighted by Gasteiger charge is -2.26. The van der Waals surface area contributed by atoms with Crippen molar-refractivity contribution in [2.75, 3.05) is 13.2 Å². The van der Waals surface area contributed by atoms with E-state index < -0.39 is 0 Å². The molecule has 0 saturated carbocycles. The Labute approximate surface area is 352 Å². The number of phenolic OH excluding ortho intramolecular Hbond substituents is 2. The second-order valence-electron chi connectivity index (χ2n) is 15.9. The molecule has 0 radical (unpaired) electrons. The van der Waals surface area contributed by atoms with Gasteiger partial charge in [0.2, 0.25) is 0 Å². The van der Waals surface area contributed by atoms with E-state index in [9.17, 15) is 10.2 Å². The molecular formula is C52H52N4O4. The molecule has 1 aliphatic carbocycles. The van der Waals surface area contributed by atoms with E-state index in [1.165, 1.54) is 0 Å². The van der Waals surface area contributed by atoms with Gasteiger partial charge in [0.05, 0.1) is 13.2 Å². The van der Waals surface area contributed by atoms with Crippen LogP contribution in [0.15, 0.2) is 159 Å². The molecule has 60 heavy (non-hydrogen) atoms. The summed E-state index contributed by atoms with van der Waals surface area (Å²) in [5.41, 5.74) is 9.29. The molecule has 0 unspecified atom stereocenters. The molecule has 8 nitrogen and oxygen atoms in total. The molecule has 9 rings (SSSR count). The van der Waals surface area contributed by atoms with Gasteiger partial charge < -0.3 is 38.0 Å². The molecule has 0 atom stereocenters. The highest BCUT2D eigenvalue weighted by Gasteiger charge is 2.25. The normalized spacial score (nSPS) is 12.6. The maximum Gasteiger partial charge on any atom is 0.135 e. The maximum absolute atomic E-state index is 12.4. The third kappa shape index (κ3) is 7.73. The number of aromatic hydroxyl groups is 2. The molecule has 8 bridgehead atoms. The van der Waals surface area contributed by atoms with Crippen molar-refractivity contribution in [3.63, 3.8) is 0 Å². The average Bonchev–Trinajstić information content (AvgIpc) is 4.11. The molecule has 0 saturated heterocycles. The van der Waals surface area contributed by atoms with Crippen molar-refractivity contribution in [3.05, 3.63) is 214 Å². The minimum atomic E-state index is -0.174. The first kappa shape index (κ1) is 38.7. The van der Waals surface area contributed by atoms with Gasteiger partial charge in [0.25, 0.3) is 0 Å². The zero-order valence-corrected chi connectivity index (χ0v) is 34.3. The second-order valence-corrected chi connectivity index (χ2v) is 15.9. The smallest absolute Gasteiger partial charge is 0.135 e. The van der Waals surface area contributed by atoms with E-state index >= 15 is 0 Å². The Hall–Kier alpha value is -6.80. The van der Waals surface area contributed by atoms with E-state index in [1.807, 2.05) is 48.5 Å². The van der Waals surface area contributed by atoms with Crippen molar-refractivity contribution < 1.29 is 19.7 Å². The number of para-hydroxylation sites is 2. The van der Waals surface area contributed by atoms with Crippen molar-refractivity contribution >= 4 is 0 Å². The van der Waals surface area contributed by atoms with Crippen molar-refractivity contribution in [1.29, 1.82) is 0 Å². The van der Waals surface area contributed by atoms with Crippen LogP contribution in [-0.2, 0) is 25.7 Å². The lowest BCUT2D eigenvalue weighted by atomic mass is 9.89. The van der Waals surface area contributed by atoms with Gasteiger partial charge in [0.1, 0.15) is 35.3 Å². The predicted molar refractivity (Wildman–Crippen MR) is 237 cm³/mol. The molecule has 4 aromatic carbocycles. The molecule has 0 aliphatic heterocycles. The standard InChI is InChI=1S/C52H52N4O4/c1-3-27-59-49-37-15-13-16-38(49)30-42-34-46(52(55-23-9-10-24-55)56-25-11-12-26-56)36-44(48(42)58)32-40-18-14-17-39(50(40)60-28-4-2)31-43-35-45(33-41(29-37)47(43)57)51(53-19-5-6-20-53)54-21-7-8-22-54/h5-26,33-36,51-52,57-58H,3-4,27-32H2,1-2H3. The van der Waals surface area contributed by atoms with Gasteiger partial charge in [-0.05, 0) is 141 Å². The molecule has 0 spiro atoms. The summed E-state index contributed by atoms with van der Waals surface area (Å²) in [7, 11) is 0. The van der Waals surface area contributed by atoms with Crippen molar-refractivity contribution in [1.82, 2.24) is 18.3 Å². The zero-order valence-electron chi connectivity index (χ0n) is 34.3. The van der Waals surface area contributed by atoms with Crippen molar-refractivity contribution in [2.24, 2.45) is 0 Å². The SMILES string of the molecule is CCCOc1c2cccc1Cc1cc(C(n3cccc3)n3cccc3)cc(c1O)Cc1cccc(c1OCCC)Cc1cc(C(n3cccc3)n3cccc3)cc(c1O)C2. The third-order valence-corrected chi connectivity index (χ3v) is 11.6. The Morgan fingerprint density at radius 1 is 0.417 bits per heavy atom. The van der Waals surface area contributed by atoms with Gasteiger partial charge in [-0.15, -0.1) is 0 Å². The summed E-state index contributed by atoms with van der Waals surface area (Å²) in [6.07, 6.45) is 19.8. The summed E-state index contributed by atoms with van der Waals surface area (Å²) >= 11 is 0. The lowest BCUT2D eigenvalue weighted by Crippen LogP contribution is -2.18. The van der Waals surface area contributed by atoms with Crippen LogP contribution < -0.4 is 9.47 Å². The molecule has 0 fully saturated rings. The van der Waals surface area contributed by atoms with E-state index in [0.717, 1.165) is 80.0 Å². The number of nitrogens with zero attached hydrogens (tertiary/aromatic N) is 4. The fourth-order valence-electron chi connectivity index (χ4n) is 8.88. The highest BCUT2D eigenvalue weighted by molar-refractivity contribution is 5.57. The summed E-state index contributed by atoms with van der Waals surface area (Å²) in [5, 5.41) is 24.7. The van der Waals surface area contributed by atoms with Crippen LogP contribution in [-0.4, -0.2) is 41.7 Å². The molecule has 8 aromatic rings. The lowest BCUT2D eigenvalue weighted by molar-refractivity contribution is 0.311. The number of rotatable bonds is 12. The second kappa shape index (κ2) is 17.2. The highest BCUT2D eigenvalue weighted by Crippen LogP contribution is 2.41. The van der Waals surface area contributed by atoms with Crippen LogP contribution in [0.2, 0.25) is 0 Å². The van der Waals surface area contributed by atoms with Gasteiger partial charge in [-0.2, -0.15) is 0 Å². The number of fused-ring (bicyclic) bond motifs is 8. The zero-order chi connectivity index (χ0) is 41.0. The fraction of sp³-hybridized carbons (Fsp3) is 0.231. The number of benzene rings is 4. The first-order valence-electron chi connectivity index (χ1n) is 21.1. The Kier molecular flexibility index (Phi) is 11.1. The van der Waals surface area contributed by atoms with Crippen LogP contribution in [0.4, 0.5) is 0 Å². The predicted octanol–water partition coefficient (Wildman–Crippen LogP) is 10.7. The maximum atomic E-state index is 12.4. The Balaban J connectivity index is 1.27. The van der Waals surface area contributed by atoms with Crippen LogP contribution in [0, 0.1) is 0 Å². The topological polar surface area (TPSA) is 78.6 Å². The summed E-state index contributed by atoms with van der Waals surface area (Å²) in [6, 6.07) is 37.6. The number of hydrogen-bond donors (Lipinski definition) is 2. The summed E-state index contributed by atoms with van der Waals surface area (Å²) < 4.78 is 22.1. The third-order valence-electron chi connectivity index (χ3n) is 11.6. The molecular weight excluding hydrogens is 745 g/mol. The summed E-state index contributed by atoms with van der Waals surface area (Å²) in [4.78, 5) is 0. The van der Waals surface area contributed by atoms with Crippen molar-refractivity contribution in [2.45, 2.75) is 64.7 Å². The minimum Gasteiger partial charge on any atom is -0.507 e. The summed E-state index contributed by atoms with van der Waals surface area (Å²) in [5.74, 6) is 2.14. The Morgan fingerprint density at radius 2 is 0.683 bits per heavy atom.